The molecule has 0 radical (unpaired) electrons. The first-order valence-corrected chi connectivity index (χ1v) is 7.41. The number of piperidine rings is 1. The summed E-state index contributed by atoms with van der Waals surface area (Å²) in [7, 11) is 2.22. The zero-order chi connectivity index (χ0) is 13.1. The molecule has 0 aromatic carbocycles. The van der Waals surface area contributed by atoms with E-state index >= 15 is 0 Å². The SMILES string of the molecule is CN1CCN(C2CCN(c3ccccn3)CC2)CC1. The minimum Gasteiger partial charge on any atom is -0.357 e. The Kier molecular flexibility index (Phi) is 3.99. The van der Waals surface area contributed by atoms with E-state index in [-0.39, 0.29) is 0 Å². The highest BCUT2D eigenvalue weighted by atomic mass is 15.3. The van der Waals surface area contributed by atoms with Gasteiger partial charge in [-0.15, -0.1) is 0 Å². The summed E-state index contributed by atoms with van der Waals surface area (Å²) in [5.41, 5.74) is 0. The van der Waals surface area contributed by atoms with Crippen molar-refractivity contribution >= 4 is 5.82 Å². The van der Waals surface area contributed by atoms with Gasteiger partial charge in [-0.3, -0.25) is 4.90 Å². The summed E-state index contributed by atoms with van der Waals surface area (Å²) < 4.78 is 0. The van der Waals surface area contributed by atoms with Crippen LogP contribution in [0.3, 0.4) is 0 Å². The molecule has 104 valence electrons. The van der Waals surface area contributed by atoms with Crippen LogP contribution in [0.15, 0.2) is 24.4 Å². The van der Waals surface area contributed by atoms with Crippen LogP contribution >= 0.6 is 0 Å². The molecule has 0 unspecified atom stereocenters. The van der Waals surface area contributed by atoms with Gasteiger partial charge in [0, 0.05) is 51.5 Å². The molecular formula is C15H24N4. The van der Waals surface area contributed by atoms with Crippen molar-refractivity contribution in [1.82, 2.24) is 14.8 Å². The molecule has 2 fully saturated rings. The maximum atomic E-state index is 4.46. The summed E-state index contributed by atoms with van der Waals surface area (Å²) >= 11 is 0. The van der Waals surface area contributed by atoms with E-state index in [1.54, 1.807) is 0 Å². The van der Waals surface area contributed by atoms with E-state index in [1.165, 1.54) is 39.0 Å². The molecule has 2 aliphatic heterocycles. The molecule has 4 nitrogen and oxygen atoms in total. The van der Waals surface area contributed by atoms with Gasteiger partial charge in [-0.05, 0) is 32.0 Å². The van der Waals surface area contributed by atoms with Gasteiger partial charge in [-0.2, -0.15) is 0 Å². The van der Waals surface area contributed by atoms with Crippen LogP contribution in [-0.2, 0) is 0 Å². The molecule has 0 aliphatic carbocycles. The van der Waals surface area contributed by atoms with E-state index in [2.05, 4.69) is 38.9 Å². The van der Waals surface area contributed by atoms with Crippen molar-refractivity contribution in [1.29, 1.82) is 0 Å². The molecule has 19 heavy (non-hydrogen) atoms. The monoisotopic (exact) mass is 260 g/mol. The molecule has 0 saturated carbocycles. The predicted molar refractivity (Wildman–Crippen MR) is 78.5 cm³/mol. The number of hydrogen-bond acceptors (Lipinski definition) is 4. The lowest BCUT2D eigenvalue weighted by Crippen LogP contribution is -2.52. The Morgan fingerprint density at radius 1 is 1.00 bits per heavy atom. The summed E-state index contributed by atoms with van der Waals surface area (Å²) in [6, 6.07) is 6.97. The summed E-state index contributed by atoms with van der Waals surface area (Å²) in [6.07, 6.45) is 4.45. The van der Waals surface area contributed by atoms with Gasteiger partial charge in [0.05, 0.1) is 0 Å². The van der Waals surface area contributed by atoms with Crippen molar-refractivity contribution in [3.8, 4) is 0 Å². The van der Waals surface area contributed by atoms with Crippen molar-refractivity contribution in [2.24, 2.45) is 0 Å². The fourth-order valence-electron chi connectivity index (χ4n) is 3.19. The first kappa shape index (κ1) is 12.9. The van der Waals surface area contributed by atoms with E-state index in [9.17, 15) is 0 Å². The molecule has 0 bridgehead atoms. The molecule has 0 N–H and O–H groups in total. The zero-order valence-corrected chi connectivity index (χ0v) is 11.8. The molecule has 1 aromatic heterocycles. The van der Waals surface area contributed by atoms with Crippen molar-refractivity contribution in [2.75, 3.05) is 51.2 Å². The van der Waals surface area contributed by atoms with E-state index in [1.807, 2.05) is 12.3 Å². The van der Waals surface area contributed by atoms with Crippen molar-refractivity contribution < 1.29 is 0 Å². The summed E-state index contributed by atoms with van der Waals surface area (Å²) in [6.45, 7) is 7.22. The quantitative estimate of drug-likeness (QED) is 0.799. The third kappa shape index (κ3) is 3.07. The third-order valence-corrected chi connectivity index (χ3v) is 4.49. The first-order chi connectivity index (χ1) is 9.33. The standard InChI is InChI=1S/C15H24N4/c1-17-10-12-18(13-11-17)14-5-8-19(9-6-14)15-4-2-3-7-16-15/h2-4,7,14H,5-6,8-13H2,1H3. The Hall–Kier alpha value is -1.13. The van der Waals surface area contributed by atoms with Crippen LogP contribution in [0, 0.1) is 0 Å². The minimum absolute atomic E-state index is 0.786. The van der Waals surface area contributed by atoms with Crippen LogP contribution in [0.1, 0.15) is 12.8 Å². The Bertz CT molecular complexity index is 378. The third-order valence-electron chi connectivity index (χ3n) is 4.49. The number of piperazine rings is 1. The van der Waals surface area contributed by atoms with Crippen LogP contribution < -0.4 is 4.90 Å². The second-order valence-corrected chi connectivity index (χ2v) is 5.75. The van der Waals surface area contributed by atoms with Gasteiger partial charge < -0.3 is 9.80 Å². The fraction of sp³-hybridized carbons (Fsp3) is 0.667. The smallest absolute Gasteiger partial charge is 0.128 e. The normalized spacial score (nSPS) is 23.7. The maximum absolute atomic E-state index is 4.46. The van der Waals surface area contributed by atoms with Gasteiger partial charge in [0.1, 0.15) is 5.82 Å². The maximum Gasteiger partial charge on any atom is 0.128 e. The topological polar surface area (TPSA) is 22.6 Å². The highest BCUT2D eigenvalue weighted by molar-refractivity contribution is 5.38. The highest BCUT2D eigenvalue weighted by Gasteiger charge is 2.26. The van der Waals surface area contributed by atoms with Gasteiger partial charge in [0.25, 0.3) is 0 Å². The summed E-state index contributed by atoms with van der Waals surface area (Å²) in [5, 5.41) is 0. The van der Waals surface area contributed by atoms with Crippen LogP contribution in [-0.4, -0.2) is 67.1 Å². The van der Waals surface area contributed by atoms with Gasteiger partial charge in [0.15, 0.2) is 0 Å². The number of aromatic nitrogens is 1. The molecular weight excluding hydrogens is 236 g/mol. The number of pyridine rings is 1. The molecule has 3 rings (SSSR count). The Labute approximate surface area is 116 Å². The average molecular weight is 260 g/mol. The highest BCUT2D eigenvalue weighted by Crippen LogP contribution is 2.21. The molecule has 3 heterocycles. The molecule has 0 amide bonds. The van der Waals surface area contributed by atoms with Gasteiger partial charge in [-0.25, -0.2) is 4.98 Å². The number of rotatable bonds is 2. The number of nitrogens with zero attached hydrogens (tertiary/aromatic N) is 4. The fourth-order valence-corrected chi connectivity index (χ4v) is 3.19. The van der Waals surface area contributed by atoms with Gasteiger partial charge in [0.2, 0.25) is 0 Å². The summed E-state index contributed by atoms with van der Waals surface area (Å²) in [4.78, 5) is 12.0. The molecule has 0 spiro atoms. The second-order valence-electron chi connectivity index (χ2n) is 5.75. The van der Waals surface area contributed by atoms with Gasteiger partial charge >= 0.3 is 0 Å². The zero-order valence-electron chi connectivity index (χ0n) is 11.8. The first-order valence-electron chi connectivity index (χ1n) is 7.41. The van der Waals surface area contributed by atoms with Crippen LogP contribution in [0.4, 0.5) is 5.82 Å². The van der Waals surface area contributed by atoms with Crippen LogP contribution in [0.2, 0.25) is 0 Å². The van der Waals surface area contributed by atoms with E-state index in [4.69, 9.17) is 0 Å². The van der Waals surface area contributed by atoms with Crippen molar-refractivity contribution in [3.05, 3.63) is 24.4 Å². The number of anilines is 1. The predicted octanol–water partition coefficient (Wildman–Crippen LogP) is 1.30. The van der Waals surface area contributed by atoms with Crippen LogP contribution in [0.5, 0.6) is 0 Å². The van der Waals surface area contributed by atoms with E-state index in [0.717, 1.165) is 24.9 Å². The molecule has 2 aliphatic rings. The lowest BCUT2D eigenvalue weighted by Gasteiger charge is -2.42. The Morgan fingerprint density at radius 3 is 2.37 bits per heavy atom. The van der Waals surface area contributed by atoms with E-state index in [0.29, 0.717) is 0 Å². The second kappa shape index (κ2) is 5.88. The Morgan fingerprint density at radius 2 is 1.74 bits per heavy atom. The minimum atomic E-state index is 0.786. The summed E-state index contributed by atoms with van der Waals surface area (Å²) in [5.74, 6) is 1.14. The largest absolute Gasteiger partial charge is 0.357 e. The number of hydrogen-bond donors (Lipinski definition) is 0. The number of likely N-dealkylation sites (N-methyl/N-ethyl adjacent to an activating group) is 1. The Balaban J connectivity index is 1.52. The lowest BCUT2D eigenvalue weighted by molar-refractivity contribution is 0.0981. The molecule has 0 atom stereocenters. The molecule has 4 heteroatoms. The lowest BCUT2D eigenvalue weighted by atomic mass is 10.0. The van der Waals surface area contributed by atoms with Crippen molar-refractivity contribution in [3.63, 3.8) is 0 Å². The molecule has 1 aromatic rings. The van der Waals surface area contributed by atoms with E-state index < -0.39 is 0 Å². The van der Waals surface area contributed by atoms with Crippen LogP contribution in [0.25, 0.3) is 0 Å². The van der Waals surface area contributed by atoms with Crippen molar-refractivity contribution in [2.45, 2.75) is 18.9 Å². The molecule has 2 saturated heterocycles. The average Bonchev–Trinajstić information content (AvgIpc) is 2.49. The van der Waals surface area contributed by atoms with Gasteiger partial charge in [-0.1, -0.05) is 6.07 Å².